The topological polar surface area (TPSA) is 37.9 Å². The number of carbonyl (C=O) groups is 1. The molecule has 1 heterocycles. The Kier molecular flexibility index (Phi) is 6.51. The van der Waals surface area contributed by atoms with Gasteiger partial charge in [-0.15, -0.1) is 0 Å². The summed E-state index contributed by atoms with van der Waals surface area (Å²) < 4.78 is 3.99. The molecule has 0 fully saturated rings. The fourth-order valence-corrected chi connectivity index (χ4v) is 2.24. The zero-order valence-electron chi connectivity index (χ0n) is 14.1. The van der Waals surface area contributed by atoms with Crippen molar-refractivity contribution in [1.29, 1.82) is 0 Å². The second-order valence-corrected chi connectivity index (χ2v) is 6.48. The molecule has 4 nitrogen and oxygen atoms in total. The molecule has 1 aromatic carbocycles. The minimum atomic E-state index is -0.0101. The normalized spacial score (nSPS) is 11.0. The first-order chi connectivity index (χ1) is 9.77. The molecule has 0 aliphatic carbocycles. The van der Waals surface area contributed by atoms with Gasteiger partial charge in [0.15, 0.2) is 6.54 Å². The van der Waals surface area contributed by atoms with Crippen LogP contribution in [0.1, 0.15) is 31.9 Å². The Bertz CT molecular complexity index is 636. The third-order valence-corrected chi connectivity index (χ3v) is 3.54. The van der Waals surface area contributed by atoms with Gasteiger partial charge in [-0.05, 0) is 45.7 Å². The van der Waals surface area contributed by atoms with E-state index in [2.05, 4.69) is 30.7 Å². The van der Waals surface area contributed by atoms with Crippen LogP contribution >= 0.6 is 0 Å². The average molecular weight is 375 g/mol. The van der Waals surface area contributed by atoms with Gasteiger partial charge in [-0.25, -0.2) is 9.13 Å². The molecule has 0 saturated heterocycles. The number of anilines is 1. The van der Waals surface area contributed by atoms with Gasteiger partial charge in [0, 0.05) is 38.4 Å². The standard InChI is InChI=1S/C17H23N3O.Y/c1-13-7-6-8-14(2)16(13)18-15(21)11-19-9-10-20(12-19)17(3,4)5;/h6-10,12H,11H2,1-5H3;/p+1. The van der Waals surface area contributed by atoms with Gasteiger partial charge < -0.3 is 5.32 Å². The van der Waals surface area contributed by atoms with Gasteiger partial charge in [-0.2, -0.15) is 0 Å². The molecule has 2 aromatic rings. The zero-order chi connectivity index (χ0) is 15.6. The summed E-state index contributed by atoms with van der Waals surface area (Å²) in [6.45, 7) is 10.7. The van der Waals surface area contributed by atoms with E-state index in [0.717, 1.165) is 16.8 Å². The van der Waals surface area contributed by atoms with Crippen molar-refractivity contribution < 1.29 is 42.1 Å². The first kappa shape index (κ1) is 19.1. The molecule has 0 unspecified atom stereocenters. The largest absolute Gasteiger partial charge is 0.322 e. The number of benzene rings is 1. The van der Waals surface area contributed by atoms with Crippen molar-refractivity contribution in [2.75, 3.05) is 5.32 Å². The van der Waals surface area contributed by atoms with Crippen LogP contribution in [0, 0.1) is 13.8 Å². The Morgan fingerprint density at radius 3 is 2.32 bits per heavy atom. The van der Waals surface area contributed by atoms with E-state index in [1.165, 1.54) is 0 Å². The number of hydrogen-bond acceptors (Lipinski definition) is 1. The van der Waals surface area contributed by atoms with Crippen LogP contribution in [0.3, 0.4) is 0 Å². The maximum absolute atomic E-state index is 12.2. The van der Waals surface area contributed by atoms with E-state index in [0.29, 0.717) is 6.54 Å². The fraction of sp³-hybridized carbons (Fsp3) is 0.412. The zero-order valence-corrected chi connectivity index (χ0v) is 16.9. The summed E-state index contributed by atoms with van der Waals surface area (Å²) in [6.07, 6.45) is 5.88. The molecule has 0 aliphatic heterocycles. The van der Waals surface area contributed by atoms with Crippen molar-refractivity contribution in [3.8, 4) is 0 Å². The molecule has 5 heteroatoms. The van der Waals surface area contributed by atoms with Crippen molar-refractivity contribution >= 4 is 11.6 Å². The molecule has 115 valence electrons. The first-order valence-corrected chi connectivity index (χ1v) is 7.21. The van der Waals surface area contributed by atoms with Crippen molar-refractivity contribution in [3.05, 3.63) is 48.0 Å². The molecule has 0 aliphatic rings. The van der Waals surface area contributed by atoms with Crippen LogP contribution < -0.4 is 9.88 Å². The van der Waals surface area contributed by atoms with E-state index in [9.17, 15) is 4.79 Å². The Morgan fingerprint density at radius 2 is 1.82 bits per heavy atom. The number of imidazole rings is 1. The molecule has 1 aromatic heterocycles. The van der Waals surface area contributed by atoms with Gasteiger partial charge in [0.05, 0.1) is 0 Å². The molecule has 0 saturated carbocycles. The minimum absolute atomic E-state index is 0. The van der Waals surface area contributed by atoms with Crippen LogP contribution in [0.2, 0.25) is 0 Å². The third-order valence-electron chi connectivity index (χ3n) is 3.54. The second kappa shape index (κ2) is 7.52. The van der Waals surface area contributed by atoms with Gasteiger partial charge in [0.1, 0.15) is 17.9 Å². The number of amides is 1. The van der Waals surface area contributed by atoms with E-state index in [1.54, 1.807) is 0 Å². The second-order valence-electron chi connectivity index (χ2n) is 6.48. The molecular formula is C17H24N3OY+. The summed E-state index contributed by atoms with van der Waals surface area (Å²) in [6, 6.07) is 6.01. The summed E-state index contributed by atoms with van der Waals surface area (Å²) in [5, 5.41) is 3.01. The van der Waals surface area contributed by atoms with Gasteiger partial charge in [0.25, 0.3) is 5.91 Å². The molecule has 0 bridgehead atoms. The van der Waals surface area contributed by atoms with E-state index in [-0.39, 0.29) is 44.2 Å². The van der Waals surface area contributed by atoms with E-state index < -0.39 is 0 Å². The third kappa shape index (κ3) is 4.75. The molecule has 0 atom stereocenters. The summed E-state index contributed by atoms with van der Waals surface area (Å²) >= 11 is 0. The number of nitrogens with one attached hydrogen (secondary N) is 1. The van der Waals surface area contributed by atoms with Crippen LogP contribution in [0.25, 0.3) is 0 Å². The van der Waals surface area contributed by atoms with Crippen LogP contribution in [0.5, 0.6) is 0 Å². The number of hydrogen-bond donors (Lipinski definition) is 1. The average Bonchev–Trinajstić information content (AvgIpc) is 2.82. The summed E-state index contributed by atoms with van der Waals surface area (Å²) in [7, 11) is 0. The maximum Gasteiger partial charge on any atom is 0.266 e. The Morgan fingerprint density at radius 1 is 1.23 bits per heavy atom. The van der Waals surface area contributed by atoms with Crippen LogP contribution in [-0.2, 0) is 49.6 Å². The Hall–Kier alpha value is -0.996. The van der Waals surface area contributed by atoms with Gasteiger partial charge in [0.2, 0.25) is 6.33 Å². The first-order valence-electron chi connectivity index (χ1n) is 7.21. The molecule has 2 rings (SSSR count). The Labute approximate surface area is 157 Å². The predicted molar refractivity (Wildman–Crippen MR) is 84.2 cm³/mol. The fourth-order valence-electron chi connectivity index (χ4n) is 2.24. The molecule has 1 N–H and O–H groups in total. The predicted octanol–water partition coefficient (Wildman–Crippen LogP) is 2.78. The number of aromatic nitrogens is 2. The monoisotopic (exact) mass is 375 g/mol. The van der Waals surface area contributed by atoms with E-state index in [4.69, 9.17) is 0 Å². The number of aryl methyl sites for hydroxylation is 2. The maximum atomic E-state index is 12.2. The molecular weight excluding hydrogens is 351 g/mol. The summed E-state index contributed by atoms with van der Waals surface area (Å²) in [5.74, 6) is -0.0101. The van der Waals surface area contributed by atoms with Gasteiger partial charge in [-0.1, -0.05) is 18.2 Å². The number of nitrogens with zero attached hydrogens (tertiary/aromatic N) is 2. The van der Waals surface area contributed by atoms with Crippen molar-refractivity contribution in [3.63, 3.8) is 0 Å². The van der Waals surface area contributed by atoms with Gasteiger partial charge >= 0.3 is 0 Å². The van der Waals surface area contributed by atoms with E-state index >= 15 is 0 Å². The number of para-hydroxylation sites is 1. The SMILES string of the molecule is Cc1cccc(C)c1NC(=O)C[n+]1ccn(C(C)(C)C)c1.[Y]. The van der Waals surface area contributed by atoms with E-state index in [1.807, 2.05) is 55.3 Å². The molecule has 0 spiro atoms. The van der Waals surface area contributed by atoms with Crippen molar-refractivity contribution in [2.24, 2.45) is 0 Å². The minimum Gasteiger partial charge on any atom is -0.322 e. The Balaban J connectivity index is 0.00000242. The van der Waals surface area contributed by atoms with Crippen molar-refractivity contribution in [2.45, 2.75) is 46.7 Å². The quantitative estimate of drug-likeness (QED) is 0.824. The summed E-state index contributed by atoms with van der Waals surface area (Å²) in [4.78, 5) is 12.2. The van der Waals surface area contributed by atoms with Crippen LogP contribution in [0.4, 0.5) is 5.69 Å². The molecule has 22 heavy (non-hydrogen) atoms. The van der Waals surface area contributed by atoms with Gasteiger partial charge in [-0.3, -0.25) is 4.79 Å². The summed E-state index contributed by atoms with van der Waals surface area (Å²) in [5.41, 5.74) is 3.11. The van der Waals surface area contributed by atoms with Crippen LogP contribution in [-0.4, -0.2) is 10.5 Å². The van der Waals surface area contributed by atoms with Crippen LogP contribution in [0.15, 0.2) is 36.9 Å². The smallest absolute Gasteiger partial charge is 0.266 e. The molecule has 1 amide bonds. The molecule has 1 radical (unpaired) electrons. The van der Waals surface area contributed by atoms with Crippen molar-refractivity contribution in [1.82, 2.24) is 4.57 Å². The number of carbonyl (C=O) groups excluding carboxylic acids is 1. The number of rotatable bonds is 3.